The summed E-state index contributed by atoms with van der Waals surface area (Å²) in [6.07, 6.45) is 0.947. The van der Waals surface area contributed by atoms with Crippen molar-refractivity contribution in [1.29, 1.82) is 0 Å². The Kier molecular flexibility index (Phi) is 4.28. The first kappa shape index (κ1) is 13.7. The molecule has 3 N–H and O–H groups in total. The Morgan fingerprint density at radius 3 is 2.47 bits per heavy atom. The largest absolute Gasteiger partial charge is 0.368 e. The first-order valence-corrected chi connectivity index (χ1v) is 5.93. The second-order valence-electron chi connectivity index (χ2n) is 4.52. The van der Waals surface area contributed by atoms with Gasteiger partial charge in [0.1, 0.15) is 6.04 Å². The van der Waals surface area contributed by atoms with Crippen molar-refractivity contribution in [2.75, 3.05) is 0 Å². The van der Waals surface area contributed by atoms with Crippen LogP contribution in [0, 0.1) is 13.8 Å². The summed E-state index contributed by atoms with van der Waals surface area (Å²) in [6, 6.07) is -0.217. The van der Waals surface area contributed by atoms with Crippen LogP contribution in [0.15, 0.2) is 0 Å². The zero-order valence-electron chi connectivity index (χ0n) is 11.2. The van der Waals surface area contributed by atoms with Gasteiger partial charge >= 0.3 is 0 Å². The molecule has 0 radical (unpaired) electrons. The van der Waals surface area contributed by atoms with Crippen LogP contribution in [0.5, 0.6) is 0 Å². The number of nitrogens with two attached hydrogens (primary N) is 1. The van der Waals surface area contributed by atoms with E-state index >= 15 is 0 Å². The van der Waals surface area contributed by atoms with Crippen molar-refractivity contribution in [3.05, 3.63) is 17.0 Å². The van der Waals surface area contributed by atoms with Crippen molar-refractivity contribution >= 4 is 5.91 Å². The van der Waals surface area contributed by atoms with Gasteiger partial charge in [0, 0.05) is 24.3 Å². The minimum absolute atomic E-state index is 0.242. The third kappa shape index (κ3) is 2.85. The summed E-state index contributed by atoms with van der Waals surface area (Å²) in [7, 11) is 1.87. The van der Waals surface area contributed by atoms with Crippen LogP contribution in [0.4, 0.5) is 0 Å². The molecule has 2 atom stereocenters. The van der Waals surface area contributed by atoms with E-state index in [-0.39, 0.29) is 11.9 Å². The number of aryl methyl sites for hydroxylation is 2. The molecular formula is C12H22N4O. The second kappa shape index (κ2) is 5.31. The Morgan fingerprint density at radius 1 is 1.53 bits per heavy atom. The van der Waals surface area contributed by atoms with Gasteiger partial charge in [-0.2, -0.15) is 5.10 Å². The number of nitrogens with zero attached hydrogens (tertiary/aromatic N) is 2. The van der Waals surface area contributed by atoms with Gasteiger partial charge in [0.2, 0.25) is 5.91 Å². The molecule has 96 valence electrons. The van der Waals surface area contributed by atoms with Crippen molar-refractivity contribution < 1.29 is 4.79 Å². The van der Waals surface area contributed by atoms with Gasteiger partial charge < -0.3 is 5.73 Å². The lowest BCUT2D eigenvalue weighted by Gasteiger charge is -2.20. The maximum Gasteiger partial charge on any atom is 0.239 e. The van der Waals surface area contributed by atoms with Gasteiger partial charge in [0.25, 0.3) is 0 Å². The van der Waals surface area contributed by atoms with Gasteiger partial charge in [-0.25, -0.2) is 0 Å². The highest BCUT2D eigenvalue weighted by Gasteiger charge is 2.25. The molecule has 17 heavy (non-hydrogen) atoms. The van der Waals surface area contributed by atoms with E-state index in [1.807, 2.05) is 27.8 Å². The van der Waals surface area contributed by atoms with E-state index in [1.54, 1.807) is 4.68 Å². The number of primary amides is 1. The summed E-state index contributed by atoms with van der Waals surface area (Å²) in [6.45, 7) is 7.95. The number of amides is 1. The topological polar surface area (TPSA) is 72.9 Å². The summed E-state index contributed by atoms with van der Waals surface area (Å²) in [5.74, 6) is -0.357. The number of nitrogens with one attached hydrogen (secondary N) is 1. The van der Waals surface area contributed by atoms with E-state index in [9.17, 15) is 4.79 Å². The summed E-state index contributed by atoms with van der Waals surface area (Å²) in [5, 5.41) is 7.57. The standard InChI is InChI=1S/C12H22N4O/c1-6-7(2)14-11(12(13)17)10-8(3)15-16(5)9(10)4/h7,11,14H,6H2,1-5H3,(H2,13,17). The smallest absolute Gasteiger partial charge is 0.239 e. The maximum absolute atomic E-state index is 11.6. The number of rotatable bonds is 5. The predicted molar refractivity (Wildman–Crippen MR) is 67.5 cm³/mol. The maximum atomic E-state index is 11.6. The van der Waals surface area contributed by atoms with Crippen LogP contribution >= 0.6 is 0 Å². The zero-order valence-corrected chi connectivity index (χ0v) is 11.2. The fourth-order valence-corrected chi connectivity index (χ4v) is 1.92. The molecular weight excluding hydrogens is 216 g/mol. The lowest BCUT2D eigenvalue weighted by molar-refractivity contribution is -0.120. The Morgan fingerprint density at radius 2 is 2.12 bits per heavy atom. The molecule has 1 heterocycles. The van der Waals surface area contributed by atoms with E-state index in [0.717, 1.165) is 23.4 Å². The fourth-order valence-electron chi connectivity index (χ4n) is 1.92. The van der Waals surface area contributed by atoms with Crippen LogP contribution in [0.2, 0.25) is 0 Å². The molecule has 0 aromatic carbocycles. The van der Waals surface area contributed by atoms with Crippen molar-refractivity contribution in [1.82, 2.24) is 15.1 Å². The quantitative estimate of drug-likeness (QED) is 0.802. The third-order valence-electron chi connectivity index (χ3n) is 3.20. The first-order valence-electron chi connectivity index (χ1n) is 5.93. The molecule has 0 aliphatic carbocycles. The monoisotopic (exact) mass is 238 g/mol. The van der Waals surface area contributed by atoms with Gasteiger partial charge in [0.15, 0.2) is 0 Å². The molecule has 0 spiro atoms. The highest BCUT2D eigenvalue weighted by atomic mass is 16.1. The van der Waals surface area contributed by atoms with Crippen molar-refractivity contribution in [3.63, 3.8) is 0 Å². The minimum atomic E-state index is -0.460. The Bertz CT molecular complexity index is 411. The van der Waals surface area contributed by atoms with Gasteiger partial charge in [-0.15, -0.1) is 0 Å². The van der Waals surface area contributed by atoms with E-state index in [2.05, 4.69) is 17.3 Å². The fraction of sp³-hybridized carbons (Fsp3) is 0.667. The van der Waals surface area contributed by atoms with Crippen LogP contribution in [0.25, 0.3) is 0 Å². The number of hydrogen-bond acceptors (Lipinski definition) is 3. The number of carbonyl (C=O) groups is 1. The SMILES string of the molecule is CCC(C)NC(C(N)=O)c1c(C)nn(C)c1C. The van der Waals surface area contributed by atoms with Crippen LogP contribution < -0.4 is 11.1 Å². The molecule has 1 aromatic rings. The van der Waals surface area contributed by atoms with Gasteiger partial charge in [-0.05, 0) is 27.2 Å². The van der Waals surface area contributed by atoms with Crippen molar-refractivity contribution in [3.8, 4) is 0 Å². The molecule has 0 bridgehead atoms. The predicted octanol–water partition coefficient (Wildman–Crippen LogP) is 0.951. The van der Waals surface area contributed by atoms with Gasteiger partial charge in [-0.1, -0.05) is 6.92 Å². The van der Waals surface area contributed by atoms with Crippen molar-refractivity contribution in [2.45, 2.75) is 46.2 Å². The van der Waals surface area contributed by atoms with Crippen LogP contribution in [-0.2, 0) is 11.8 Å². The van der Waals surface area contributed by atoms with Crippen molar-refractivity contribution in [2.24, 2.45) is 12.8 Å². The molecule has 0 saturated carbocycles. The molecule has 5 nitrogen and oxygen atoms in total. The molecule has 1 rings (SSSR count). The molecule has 5 heteroatoms. The van der Waals surface area contributed by atoms with E-state index in [4.69, 9.17) is 5.73 Å². The lowest BCUT2D eigenvalue weighted by atomic mass is 10.0. The molecule has 1 aromatic heterocycles. The summed E-state index contributed by atoms with van der Waals surface area (Å²) in [4.78, 5) is 11.6. The summed E-state index contributed by atoms with van der Waals surface area (Å²) < 4.78 is 1.78. The highest BCUT2D eigenvalue weighted by Crippen LogP contribution is 2.21. The van der Waals surface area contributed by atoms with E-state index in [1.165, 1.54) is 0 Å². The molecule has 0 fully saturated rings. The number of carbonyl (C=O) groups excluding carboxylic acids is 1. The highest BCUT2D eigenvalue weighted by molar-refractivity contribution is 5.82. The third-order valence-corrected chi connectivity index (χ3v) is 3.20. The molecule has 0 aliphatic heterocycles. The first-order chi connectivity index (χ1) is 7.88. The zero-order chi connectivity index (χ0) is 13.2. The van der Waals surface area contributed by atoms with Crippen LogP contribution in [-0.4, -0.2) is 21.7 Å². The molecule has 1 amide bonds. The van der Waals surface area contributed by atoms with E-state index in [0.29, 0.717) is 0 Å². The van der Waals surface area contributed by atoms with Crippen LogP contribution in [0.1, 0.15) is 43.3 Å². The van der Waals surface area contributed by atoms with Gasteiger partial charge in [0.05, 0.1) is 5.69 Å². The van der Waals surface area contributed by atoms with E-state index < -0.39 is 6.04 Å². The number of hydrogen-bond donors (Lipinski definition) is 2. The normalized spacial score (nSPS) is 14.6. The molecule has 2 unspecified atom stereocenters. The lowest BCUT2D eigenvalue weighted by Crippen LogP contribution is -2.39. The minimum Gasteiger partial charge on any atom is -0.368 e. The average Bonchev–Trinajstić information content (AvgIpc) is 2.50. The Labute approximate surface area is 102 Å². The Hall–Kier alpha value is -1.36. The summed E-state index contributed by atoms with van der Waals surface area (Å²) >= 11 is 0. The van der Waals surface area contributed by atoms with Crippen LogP contribution in [0.3, 0.4) is 0 Å². The molecule has 0 aliphatic rings. The summed E-state index contributed by atoms with van der Waals surface area (Å²) in [5.41, 5.74) is 8.21. The number of aromatic nitrogens is 2. The second-order valence-corrected chi connectivity index (χ2v) is 4.52. The Balaban J connectivity index is 3.10. The molecule has 0 saturated heterocycles. The average molecular weight is 238 g/mol. The van der Waals surface area contributed by atoms with Gasteiger partial charge in [-0.3, -0.25) is 14.8 Å².